The van der Waals surface area contributed by atoms with Crippen molar-refractivity contribution in [1.29, 1.82) is 0 Å². The van der Waals surface area contributed by atoms with Gasteiger partial charge in [-0.15, -0.1) is 0 Å². The van der Waals surface area contributed by atoms with Crippen LogP contribution < -0.4 is 0 Å². The molecule has 2 rings (SSSR count). The molecule has 3 nitrogen and oxygen atoms in total. The number of hydrogen-bond donors (Lipinski definition) is 1. The van der Waals surface area contributed by atoms with Crippen molar-refractivity contribution in [1.82, 2.24) is 9.78 Å². The maximum Gasteiger partial charge on any atom is 0.0703 e. The SMILES string of the molecule is CC(C)C1CCCC(O)(Cc2ccn(C(C)C)n2)CC1. The van der Waals surface area contributed by atoms with E-state index in [4.69, 9.17) is 0 Å². The molecule has 0 radical (unpaired) electrons. The van der Waals surface area contributed by atoms with Crippen molar-refractivity contribution < 1.29 is 5.11 Å². The van der Waals surface area contributed by atoms with Gasteiger partial charge in [0.1, 0.15) is 0 Å². The fourth-order valence-corrected chi connectivity index (χ4v) is 3.36. The molecule has 2 atom stereocenters. The molecule has 1 N–H and O–H groups in total. The maximum absolute atomic E-state index is 10.9. The second-order valence-electron chi connectivity index (χ2n) is 7.22. The van der Waals surface area contributed by atoms with E-state index in [1.807, 2.05) is 10.9 Å². The summed E-state index contributed by atoms with van der Waals surface area (Å²) in [5, 5.41) is 15.5. The van der Waals surface area contributed by atoms with Gasteiger partial charge in [-0.05, 0) is 51.0 Å². The van der Waals surface area contributed by atoms with Crippen LogP contribution in [-0.2, 0) is 6.42 Å². The smallest absolute Gasteiger partial charge is 0.0703 e. The molecule has 2 unspecified atom stereocenters. The summed E-state index contributed by atoms with van der Waals surface area (Å²) in [4.78, 5) is 0. The molecule has 20 heavy (non-hydrogen) atoms. The Balaban J connectivity index is 1.99. The van der Waals surface area contributed by atoms with Crippen LogP contribution in [0.5, 0.6) is 0 Å². The Kier molecular flexibility index (Phi) is 4.90. The Morgan fingerprint density at radius 2 is 2.05 bits per heavy atom. The standard InChI is InChI=1S/C17H30N2O/c1-13(2)15-6-5-9-17(20,10-7-15)12-16-8-11-19(18-16)14(3)4/h8,11,13-15,20H,5-7,9-10,12H2,1-4H3. The van der Waals surface area contributed by atoms with E-state index in [0.717, 1.165) is 43.2 Å². The summed E-state index contributed by atoms with van der Waals surface area (Å²) < 4.78 is 1.98. The van der Waals surface area contributed by atoms with Gasteiger partial charge in [0, 0.05) is 18.7 Å². The van der Waals surface area contributed by atoms with Crippen molar-refractivity contribution >= 4 is 0 Å². The molecular weight excluding hydrogens is 248 g/mol. The first-order valence-electron chi connectivity index (χ1n) is 8.16. The highest BCUT2D eigenvalue weighted by atomic mass is 16.3. The van der Waals surface area contributed by atoms with Gasteiger partial charge in [-0.1, -0.05) is 26.7 Å². The lowest BCUT2D eigenvalue weighted by molar-refractivity contribution is 0.0226. The molecular formula is C17H30N2O. The van der Waals surface area contributed by atoms with Gasteiger partial charge in [0.25, 0.3) is 0 Å². The highest BCUT2D eigenvalue weighted by Crippen LogP contribution is 2.35. The third kappa shape index (κ3) is 3.85. The lowest BCUT2D eigenvalue weighted by atomic mass is 9.86. The first-order chi connectivity index (χ1) is 9.39. The van der Waals surface area contributed by atoms with Crippen LogP contribution in [0.4, 0.5) is 0 Å². The molecule has 1 aromatic heterocycles. The molecule has 1 fully saturated rings. The monoisotopic (exact) mass is 278 g/mol. The summed E-state index contributed by atoms with van der Waals surface area (Å²) in [6.45, 7) is 8.87. The van der Waals surface area contributed by atoms with Crippen LogP contribution >= 0.6 is 0 Å². The van der Waals surface area contributed by atoms with Crippen molar-refractivity contribution in [2.24, 2.45) is 11.8 Å². The van der Waals surface area contributed by atoms with Gasteiger partial charge in [-0.2, -0.15) is 5.10 Å². The van der Waals surface area contributed by atoms with Crippen LogP contribution in [0.2, 0.25) is 0 Å². The van der Waals surface area contributed by atoms with Crippen LogP contribution in [0.15, 0.2) is 12.3 Å². The van der Waals surface area contributed by atoms with Gasteiger partial charge < -0.3 is 5.11 Å². The predicted molar refractivity (Wildman–Crippen MR) is 82.7 cm³/mol. The Morgan fingerprint density at radius 1 is 1.30 bits per heavy atom. The lowest BCUT2D eigenvalue weighted by Gasteiger charge is -2.26. The number of aromatic nitrogens is 2. The first-order valence-corrected chi connectivity index (χ1v) is 8.16. The highest BCUT2D eigenvalue weighted by molar-refractivity contribution is 5.05. The van der Waals surface area contributed by atoms with Crippen LogP contribution in [-0.4, -0.2) is 20.5 Å². The zero-order valence-electron chi connectivity index (χ0n) is 13.5. The van der Waals surface area contributed by atoms with Gasteiger partial charge in [-0.3, -0.25) is 4.68 Å². The molecule has 0 saturated heterocycles. The molecule has 1 aliphatic rings. The predicted octanol–water partition coefficient (Wildman–Crippen LogP) is 3.97. The van der Waals surface area contributed by atoms with Crippen molar-refractivity contribution in [3.8, 4) is 0 Å². The van der Waals surface area contributed by atoms with E-state index in [-0.39, 0.29) is 0 Å². The third-order valence-corrected chi connectivity index (χ3v) is 4.84. The largest absolute Gasteiger partial charge is 0.389 e. The molecule has 1 saturated carbocycles. The topological polar surface area (TPSA) is 38.0 Å². The van der Waals surface area contributed by atoms with Crippen LogP contribution in [0.1, 0.15) is 71.5 Å². The van der Waals surface area contributed by atoms with Crippen molar-refractivity contribution in [2.45, 2.75) is 77.9 Å². The Bertz CT molecular complexity index is 424. The van der Waals surface area contributed by atoms with Gasteiger partial charge in [-0.25, -0.2) is 0 Å². The minimum Gasteiger partial charge on any atom is -0.389 e. The summed E-state index contributed by atoms with van der Waals surface area (Å²) in [5.74, 6) is 1.51. The zero-order chi connectivity index (χ0) is 14.8. The fraction of sp³-hybridized carbons (Fsp3) is 0.824. The van der Waals surface area contributed by atoms with Gasteiger partial charge in [0.05, 0.1) is 11.3 Å². The second-order valence-corrected chi connectivity index (χ2v) is 7.22. The van der Waals surface area contributed by atoms with Gasteiger partial charge in [0.15, 0.2) is 0 Å². The van der Waals surface area contributed by atoms with Crippen LogP contribution in [0.3, 0.4) is 0 Å². The van der Waals surface area contributed by atoms with E-state index < -0.39 is 5.60 Å². The number of hydrogen-bond acceptors (Lipinski definition) is 2. The minimum absolute atomic E-state index is 0.387. The molecule has 114 valence electrons. The molecule has 0 spiro atoms. The minimum atomic E-state index is -0.542. The Hall–Kier alpha value is -0.830. The molecule has 0 aliphatic heterocycles. The summed E-state index contributed by atoms with van der Waals surface area (Å²) in [6.07, 6.45) is 8.13. The number of aliphatic hydroxyl groups is 1. The second kappa shape index (κ2) is 6.30. The van der Waals surface area contributed by atoms with E-state index in [0.29, 0.717) is 12.5 Å². The molecule has 0 aromatic carbocycles. The normalized spacial score (nSPS) is 28.1. The molecule has 1 aromatic rings. The average molecular weight is 278 g/mol. The van der Waals surface area contributed by atoms with Crippen LogP contribution in [0.25, 0.3) is 0 Å². The molecule has 0 bridgehead atoms. The maximum atomic E-state index is 10.9. The lowest BCUT2D eigenvalue weighted by Crippen LogP contribution is -2.31. The Morgan fingerprint density at radius 3 is 2.65 bits per heavy atom. The van der Waals surface area contributed by atoms with Crippen molar-refractivity contribution in [2.75, 3.05) is 0 Å². The van der Waals surface area contributed by atoms with E-state index in [1.54, 1.807) is 0 Å². The van der Waals surface area contributed by atoms with E-state index >= 15 is 0 Å². The van der Waals surface area contributed by atoms with Gasteiger partial charge >= 0.3 is 0 Å². The van der Waals surface area contributed by atoms with Gasteiger partial charge in [0.2, 0.25) is 0 Å². The summed E-state index contributed by atoms with van der Waals surface area (Å²) in [6, 6.07) is 2.45. The quantitative estimate of drug-likeness (QED) is 0.846. The Labute approximate surface area is 123 Å². The van der Waals surface area contributed by atoms with Crippen molar-refractivity contribution in [3.63, 3.8) is 0 Å². The highest BCUT2D eigenvalue weighted by Gasteiger charge is 2.32. The van der Waals surface area contributed by atoms with E-state index in [1.165, 1.54) is 6.42 Å². The summed E-state index contributed by atoms with van der Waals surface area (Å²) >= 11 is 0. The summed E-state index contributed by atoms with van der Waals surface area (Å²) in [5.41, 5.74) is 0.490. The molecule has 3 heteroatoms. The summed E-state index contributed by atoms with van der Waals surface area (Å²) in [7, 11) is 0. The van der Waals surface area contributed by atoms with E-state index in [9.17, 15) is 5.11 Å². The molecule has 1 heterocycles. The third-order valence-electron chi connectivity index (χ3n) is 4.84. The molecule has 1 aliphatic carbocycles. The number of nitrogens with zero attached hydrogens (tertiary/aromatic N) is 2. The van der Waals surface area contributed by atoms with Crippen molar-refractivity contribution in [3.05, 3.63) is 18.0 Å². The number of rotatable bonds is 4. The molecule has 0 amide bonds. The van der Waals surface area contributed by atoms with Crippen LogP contribution in [0, 0.1) is 11.8 Å². The zero-order valence-corrected chi connectivity index (χ0v) is 13.5. The van der Waals surface area contributed by atoms with E-state index in [2.05, 4.69) is 38.9 Å². The average Bonchev–Trinajstić information content (AvgIpc) is 2.72. The first kappa shape index (κ1) is 15.6. The fourth-order valence-electron chi connectivity index (χ4n) is 3.36.